The number of nitrogens with zero attached hydrogens (tertiary/aromatic N) is 2. The average Bonchev–Trinajstić information content (AvgIpc) is 3.56. The molecule has 1 aliphatic carbocycles. The van der Waals surface area contributed by atoms with Crippen LogP contribution in [-0.4, -0.2) is 45.5 Å². The normalized spacial score (nSPS) is 17.5. The van der Waals surface area contributed by atoms with E-state index in [4.69, 9.17) is 22.3 Å². The largest absolute Gasteiger partial charge is 0.367 e. The summed E-state index contributed by atoms with van der Waals surface area (Å²) in [6, 6.07) is 13.4. The molecule has 0 bridgehead atoms. The Labute approximate surface area is 291 Å². The SMILES string of the molecule is C#CCOCCN1/C(=C/C2=CC(=C/C=C/c3sc4cc(SC)ccc4[n+]3CCOCC#C)/CC(C)(C)C2)Sc2cc(SC)ccc21. The van der Waals surface area contributed by atoms with E-state index in [-0.39, 0.29) is 5.41 Å². The molecular weight excluding hydrogens is 645 g/mol. The van der Waals surface area contributed by atoms with Gasteiger partial charge in [0.25, 0.3) is 5.01 Å². The maximum atomic E-state index is 5.68. The van der Waals surface area contributed by atoms with Crippen molar-refractivity contribution in [1.29, 1.82) is 0 Å². The Bertz CT molecular complexity index is 1770. The number of thioether (sulfide) groups is 3. The van der Waals surface area contributed by atoms with Gasteiger partial charge in [-0.1, -0.05) is 67.0 Å². The highest BCUT2D eigenvalue weighted by molar-refractivity contribution is 8.03. The van der Waals surface area contributed by atoms with Gasteiger partial charge in [-0.25, -0.2) is 0 Å². The standard InChI is InChI=1S/C38H41N2O2S4/c1-7-18-41-20-16-39-32-14-12-30(43-5)24-34(32)45-36(39)11-9-10-28-22-29(27-38(3,4)26-28)23-37-40(17-21-42-19-8-2)33-15-13-31(44-6)25-35(33)46-37/h1-2,9-15,22-25H,16-21,26-27H2,3-6H3/q+1. The number of rotatable bonds is 13. The Hall–Kier alpha value is -2.82. The molecule has 4 nitrogen and oxygen atoms in total. The summed E-state index contributed by atoms with van der Waals surface area (Å²) in [5, 5.41) is 2.43. The van der Waals surface area contributed by atoms with Gasteiger partial charge in [0.05, 0.1) is 17.3 Å². The third-order valence-corrected chi connectivity index (χ3v) is 11.4. The van der Waals surface area contributed by atoms with Crippen LogP contribution < -0.4 is 9.47 Å². The van der Waals surface area contributed by atoms with Crippen molar-refractivity contribution >= 4 is 68.6 Å². The van der Waals surface area contributed by atoms with E-state index >= 15 is 0 Å². The van der Waals surface area contributed by atoms with Crippen molar-refractivity contribution in [2.75, 3.05) is 50.4 Å². The van der Waals surface area contributed by atoms with E-state index in [9.17, 15) is 0 Å². The van der Waals surface area contributed by atoms with Crippen LogP contribution in [-0.2, 0) is 16.0 Å². The number of ether oxygens (including phenoxy) is 2. The third kappa shape index (κ3) is 8.75. The van der Waals surface area contributed by atoms with Crippen LogP contribution in [0.4, 0.5) is 5.69 Å². The number of thiazole rings is 1. The molecule has 0 N–H and O–H groups in total. The molecule has 2 aromatic carbocycles. The topological polar surface area (TPSA) is 25.6 Å². The first-order valence-electron chi connectivity index (χ1n) is 15.3. The van der Waals surface area contributed by atoms with E-state index in [1.807, 2.05) is 23.1 Å². The summed E-state index contributed by atoms with van der Waals surface area (Å²) in [7, 11) is 0. The van der Waals surface area contributed by atoms with Crippen molar-refractivity contribution in [1.82, 2.24) is 0 Å². The van der Waals surface area contributed by atoms with Crippen LogP contribution >= 0.6 is 46.6 Å². The summed E-state index contributed by atoms with van der Waals surface area (Å²) in [6.45, 7) is 8.06. The van der Waals surface area contributed by atoms with Crippen LogP contribution in [0.15, 0.2) is 91.6 Å². The fourth-order valence-corrected chi connectivity index (χ4v) is 9.19. The Morgan fingerprint density at radius 2 is 1.74 bits per heavy atom. The molecular formula is C38H41N2O2S4+. The second-order valence-corrected chi connectivity index (χ2v) is 15.7. The maximum absolute atomic E-state index is 5.68. The molecule has 0 unspecified atom stereocenters. The molecule has 238 valence electrons. The molecule has 0 saturated carbocycles. The summed E-state index contributed by atoms with van der Waals surface area (Å²) in [6.07, 6.45) is 28.6. The predicted octanol–water partition coefficient (Wildman–Crippen LogP) is 9.07. The molecule has 0 fully saturated rings. The van der Waals surface area contributed by atoms with Gasteiger partial charge in [0, 0.05) is 33.4 Å². The van der Waals surface area contributed by atoms with Gasteiger partial charge in [0.2, 0.25) is 5.52 Å². The van der Waals surface area contributed by atoms with Gasteiger partial charge in [-0.15, -0.1) is 36.4 Å². The molecule has 2 heterocycles. The lowest BCUT2D eigenvalue weighted by Gasteiger charge is -2.31. The summed E-state index contributed by atoms with van der Waals surface area (Å²) in [5.74, 6) is 5.14. The monoisotopic (exact) mass is 685 g/mol. The first kappa shape index (κ1) is 34.5. The molecule has 0 saturated heterocycles. The molecule has 3 aromatic rings. The van der Waals surface area contributed by atoms with Gasteiger partial charge >= 0.3 is 0 Å². The van der Waals surface area contributed by atoms with E-state index < -0.39 is 0 Å². The van der Waals surface area contributed by atoms with Crippen LogP contribution in [0, 0.1) is 30.1 Å². The number of benzene rings is 2. The fraction of sp³-hybridized carbons (Fsp3) is 0.342. The lowest BCUT2D eigenvalue weighted by Crippen LogP contribution is -2.37. The van der Waals surface area contributed by atoms with Crippen molar-refractivity contribution in [3.63, 3.8) is 0 Å². The zero-order valence-corrected chi connectivity index (χ0v) is 30.3. The van der Waals surface area contributed by atoms with Gasteiger partial charge in [0.15, 0.2) is 6.54 Å². The minimum atomic E-state index is 0.157. The summed E-state index contributed by atoms with van der Waals surface area (Å²) in [4.78, 5) is 6.21. The number of hydrogen-bond acceptors (Lipinski definition) is 7. The van der Waals surface area contributed by atoms with Gasteiger partial charge in [-0.3, -0.25) is 0 Å². The predicted molar refractivity (Wildman–Crippen MR) is 201 cm³/mol. The number of fused-ring (bicyclic) bond motifs is 2. The molecule has 0 atom stereocenters. The first-order chi connectivity index (χ1) is 22.3. The van der Waals surface area contributed by atoms with Crippen LogP contribution in [0.2, 0.25) is 0 Å². The zero-order chi connectivity index (χ0) is 32.5. The first-order valence-corrected chi connectivity index (χ1v) is 19.4. The summed E-state index contributed by atoms with van der Waals surface area (Å²) < 4.78 is 14.9. The molecule has 0 radical (unpaired) electrons. The van der Waals surface area contributed by atoms with E-state index in [2.05, 4.69) is 114 Å². The van der Waals surface area contributed by atoms with Crippen molar-refractivity contribution in [3.8, 4) is 24.7 Å². The van der Waals surface area contributed by atoms with Crippen molar-refractivity contribution < 1.29 is 14.0 Å². The Balaban J connectivity index is 1.42. The fourth-order valence-electron chi connectivity index (χ4n) is 5.81. The second kappa shape index (κ2) is 16.3. The lowest BCUT2D eigenvalue weighted by molar-refractivity contribution is -0.670. The van der Waals surface area contributed by atoms with Gasteiger partial charge in [0.1, 0.15) is 24.5 Å². The number of aromatic nitrogens is 1. The van der Waals surface area contributed by atoms with Crippen LogP contribution in [0.3, 0.4) is 0 Å². The zero-order valence-electron chi connectivity index (χ0n) is 27.0. The lowest BCUT2D eigenvalue weighted by atomic mass is 9.75. The molecule has 46 heavy (non-hydrogen) atoms. The highest BCUT2D eigenvalue weighted by Crippen LogP contribution is 2.48. The molecule has 8 heteroatoms. The van der Waals surface area contributed by atoms with Crippen molar-refractivity contribution in [2.45, 2.75) is 47.9 Å². The highest BCUT2D eigenvalue weighted by atomic mass is 32.2. The summed E-state index contributed by atoms with van der Waals surface area (Å²) >= 11 is 7.20. The number of terminal acetylenes is 2. The number of allylic oxidation sites excluding steroid dienone is 6. The average molecular weight is 686 g/mol. The van der Waals surface area contributed by atoms with Crippen LogP contribution in [0.1, 0.15) is 31.7 Å². The minimum absolute atomic E-state index is 0.157. The number of anilines is 1. The molecule has 2 aliphatic rings. The highest BCUT2D eigenvalue weighted by Gasteiger charge is 2.29. The number of hydrogen-bond donors (Lipinski definition) is 0. The Kier molecular flexibility index (Phi) is 12.3. The van der Waals surface area contributed by atoms with E-state index in [0.29, 0.717) is 26.4 Å². The molecule has 0 amide bonds. The van der Waals surface area contributed by atoms with E-state index in [1.54, 1.807) is 23.5 Å². The minimum Gasteiger partial charge on any atom is -0.367 e. The second-order valence-electron chi connectivity index (χ2n) is 11.8. The van der Waals surface area contributed by atoms with Crippen molar-refractivity contribution in [2.24, 2.45) is 5.41 Å². The third-order valence-electron chi connectivity index (χ3n) is 7.76. The summed E-state index contributed by atoms with van der Waals surface area (Å²) in [5.41, 5.74) is 5.30. The van der Waals surface area contributed by atoms with Gasteiger partial charge < -0.3 is 14.4 Å². The Morgan fingerprint density at radius 1 is 1.00 bits per heavy atom. The van der Waals surface area contributed by atoms with Crippen LogP contribution in [0.25, 0.3) is 16.3 Å². The molecule has 1 aliphatic heterocycles. The smallest absolute Gasteiger partial charge is 0.262 e. The van der Waals surface area contributed by atoms with Crippen molar-refractivity contribution in [3.05, 3.63) is 81.9 Å². The molecule has 5 rings (SSSR count). The maximum Gasteiger partial charge on any atom is 0.262 e. The van der Waals surface area contributed by atoms with Gasteiger partial charge in [-0.2, -0.15) is 4.57 Å². The van der Waals surface area contributed by atoms with E-state index in [1.165, 1.54) is 51.8 Å². The van der Waals surface area contributed by atoms with E-state index in [0.717, 1.165) is 25.9 Å². The quantitative estimate of drug-likeness (QED) is 0.0771. The Morgan fingerprint density at radius 3 is 2.50 bits per heavy atom. The van der Waals surface area contributed by atoms with Crippen LogP contribution in [0.5, 0.6) is 0 Å². The van der Waals surface area contributed by atoms with Gasteiger partial charge in [-0.05, 0) is 78.3 Å². The molecule has 1 aromatic heterocycles. The molecule has 0 spiro atoms.